The van der Waals surface area contributed by atoms with Crippen molar-refractivity contribution < 1.29 is 9.47 Å². The fraction of sp³-hybridized carbons (Fsp3) is 0.941. The highest BCUT2D eigenvalue weighted by Crippen LogP contribution is 2.33. The first-order chi connectivity index (χ1) is 11.1. The van der Waals surface area contributed by atoms with Crippen molar-refractivity contribution in [3.8, 4) is 0 Å². The van der Waals surface area contributed by atoms with E-state index in [9.17, 15) is 0 Å². The summed E-state index contributed by atoms with van der Waals surface area (Å²) in [6.45, 7) is 12.3. The Balaban J connectivity index is 0.00000529. The lowest BCUT2D eigenvalue weighted by molar-refractivity contribution is 0.0794. The zero-order valence-corrected chi connectivity index (χ0v) is 18.9. The van der Waals surface area contributed by atoms with Crippen molar-refractivity contribution in [2.75, 3.05) is 52.3 Å². The van der Waals surface area contributed by atoms with Crippen LogP contribution in [-0.2, 0) is 9.47 Å². The third-order valence-corrected chi connectivity index (χ3v) is 5.49. The van der Waals surface area contributed by atoms with Gasteiger partial charge in [-0.15, -0.1) is 24.0 Å². The molecule has 0 radical (unpaired) electrons. The van der Waals surface area contributed by atoms with Crippen LogP contribution in [0, 0.1) is 5.92 Å². The van der Waals surface area contributed by atoms with Gasteiger partial charge >= 0.3 is 0 Å². The summed E-state index contributed by atoms with van der Waals surface area (Å²) < 4.78 is 11.4. The molecule has 0 aromatic carbocycles. The molecule has 1 fully saturated rings. The van der Waals surface area contributed by atoms with Crippen LogP contribution >= 0.6 is 35.7 Å². The Labute approximate surface area is 169 Å². The molecule has 0 bridgehead atoms. The van der Waals surface area contributed by atoms with Gasteiger partial charge in [-0.3, -0.25) is 4.99 Å². The van der Waals surface area contributed by atoms with Crippen molar-refractivity contribution in [3.63, 3.8) is 0 Å². The SMILES string of the molecule is CCNC(=NCC1(SC)CCOCC1)NCCOCCC(C)C.I. The topological polar surface area (TPSA) is 54.9 Å². The fourth-order valence-corrected chi connectivity index (χ4v) is 3.17. The first-order valence-electron chi connectivity index (χ1n) is 8.84. The lowest BCUT2D eigenvalue weighted by Gasteiger charge is -2.34. The van der Waals surface area contributed by atoms with Crippen molar-refractivity contribution in [2.24, 2.45) is 10.9 Å². The molecule has 2 N–H and O–H groups in total. The van der Waals surface area contributed by atoms with Crippen LogP contribution < -0.4 is 10.6 Å². The van der Waals surface area contributed by atoms with E-state index in [0.717, 1.165) is 71.3 Å². The van der Waals surface area contributed by atoms with Gasteiger partial charge in [0, 0.05) is 37.7 Å². The van der Waals surface area contributed by atoms with Gasteiger partial charge in [-0.05, 0) is 38.4 Å². The third-order valence-electron chi connectivity index (χ3n) is 4.08. The van der Waals surface area contributed by atoms with E-state index < -0.39 is 0 Å². The molecule has 7 heteroatoms. The van der Waals surface area contributed by atoms with Gasteiger partial charge in [-0.2, -0.15) is 11.8 Å². The van der Waals surface area contributed by atoms with Crippen LogP contribution in [-0.4, -0.2) is 63.0 Å². The Morgan fingerprint density at radius 1 is 1.25 bits per heavy atom. The normalized spacial score (nSPS) is 17.5. The lowest BCUT2D eigenvalue weighted by Crippen LogP contribution is -2.42. The molecule has 0 atom stereocenters. The number of ether oxygens (including phenoxy) is 2. The van der Waals surface area contributed by atoms with Gasteiger partial charge in [0.2, 0.25) is 0 Å². The van der Waals surface area contributed by atoms with Crippen LogP contribution in [0.25, 0.3) is 0 Å². The monoisotopic (exact) mass is 473 g/mol. The molecule has 0 aromatic rings. The van der Waals surface area contributed by atoms with Gasteiger partial charge in [-0.1, -0.05) is 13.8 Å². The summed E-state index contributed by atoms with van der Waals surface area (Å²) in [5.74, 6) is 1.59. The largest absolute Gasteiger partial charge is 0.381 e. The Morgan fingerprint density at radius 2 is 1.96 bits per heavy atom. The van der Waals surface area contributed by atoms with E-state index in [-0.39, 0.29) is 28.7 Å². The molecule has 0 unspecified atom stereocenters. The van der Waals surface area contributed by atoms with Crippen LogP contribution in [0.5, 0.6) is 0 Å². The Kier molecular flexibility index (Phi) is 14.6. The number of nitrogens with one attached hydrogen (secondary N) is 2. The number of rotatable bonds is 10. The predicted octanol–water partition coefficient (Wildman–Crippen LogP) is 3.13. The van der Waals surface area contributed by atoms with E-state index in [0.29, 0.717) is 5.92 Å². The second-order valence-electron chi connectivity index (χ2n) is 6.42. The van der Waals surface area contributed by atoms with E-state index >= 15 is 0 Å². The number of thioether (sulfide) groups is 1. The van der Waals surface area contributed by atoms with Crippen molar-refractivity contribution in [1.82, 2.24) is 10.6 Å². The number of nitrogens with zero attached hydrogens (tertiary/aromatic N) is 1. The van der Waals surface area contributed by atoms with Crippen LogP contribution in [0.4, 0.5) is 0 Å². The first kappa shape index (κ1) is 24.3. The molecule has 0 spiro atoms. The predicted molar refractivity (Wildman–Crippen MR) is 116 cm³/mol. The van der Waals surface area contributed by atoms with Crippen LogP contribution in [0.3, 0.4) is 0 Å². The van der Waals surface area contributed by atoms with Crippen LogP contribution in [0.15, 0.2) is 4.99 Å². The first-order valence-corrected chi connectivity index (χ1v) is 10.1. The summed E-state index contributed by atoms with van der Waals surface area (Å²) in [7, 11) is 0. The van der Waals surface area contributed by atoms with Crippen molar-refractivity contribution in [1.29, 1.82) is 0 Å². The maximum atomic E-state index is 5.64. The van der Waals surface area contributed by atoms with Crippen molar-refractivity contribution in [3.05, 3.63) is 0 Å². The summed E-state index contributed by atoms with van der Waals surface area (Å²) in [5.41, 5.74) is 0. The Morgan fingerprint density at radius 3 is 2.54 bits per heavy atom. The quantitative estimate of drug-likeness (QED) is 0.221. The van der Waals surface area contributed by atoms with Crippen molar-refractivity contribution >= 4 is 41.7 Å². The number of hydrogen-bond donors (Lipinski definition) is 2. The summed E-state index contributed by atoms with van der Waals surface area (Å²) in [6, 6.07) is 0. The average Bonchev–Trinajstić information content (AvgIpc) is 2.56. The number of aliphatic imine (C=N–C) groups is 1. The second-order valence-corrected chi connectivity index (χ2v) is 7.69. The highest BCUT2D eigenvalue weighted by molar-refractivity contribution is 14.0. The van der Waals surface area contributed by atoms with Crippen molar-refractivity contribution in [2.45, 2.75) is 44.8 Å². The number of halogens is 1. The molecule has 0 saturated carbocycles. The van der Waals surface area contributed by atoms with Gasteiger partial charge in [0.25, 0.3) is 0 Å². The van der Waals surface area contributed by atoms with Gasteiger partial charge in [0.05, 0.1) is 13.2 Å². The van der Waals surface area contributed by atoms with Gasteiger partial charge in [0.15, 0.2) is 5.96 Å². The Bertz CT molecular complexity index is 338. The smallest absolute Gasteiger partial charge is 0.191 e. The molecular formula is C17H36IN3O2S. The van der Waals surface area contributed by atoms with Crippen LogP contribution in [0.2, 0.25) is 0 Å². The summed E-state index contributed by atoms with van der Waals surface area (Å²) in [4.78, 5) is 4.79. The Hall–Kier alpha value is 0.270. The molecule has 1 aliphatic heterocycles. The number of hydrogen-bond acceptors (Lipinski definition) is 4. The molecule has 1 aliphatic rings. The zero-order chi connectivity index (χ0) is 17.0. The van der Waals surface area contributed by atoms with E-state index in [2.05, 4.69) is 37.7 Å². The highest BCUT2D eigenvalue weighted by atomic mass is 127. The molecule has 1 saturated heterocycles. The molecule has 1 rings (SSSR count). The van der Waals surface area contributed by atoms with Gasteiger partial charge in [-0.25, -0.2) is 0 Å². The minimum absolute atomic E-state index is 0. The summed E-state index contributed by atoms with van der Waals surface area (Å²) >= 11 is 1.92. The highest BCUT2D eigenvalue weighted by Gasteiger charge is 2.31. The van der Waals surface area contributed by atoms with Crippen LogP contribution in [0.1, 0.15) is 40.0 Å². The molecule has 0 aliphatic carbocycles. The molecule has 0 amide bonds. The second kappa shape index (κ2) is 14.4. The standard InChI is InChI=1S/C17H35N3O2S.HI/c1-5-18-16(19-9-13-21-10-6-15(2)3)20-14-17(23-4)7-11-22-12-8-17;/h15H,5-14H2,1-4H3,(H2,18,19,20);1H. The molecular weight excluding hydrogens is 437 g/mol. The average molecular weight is 473 g/mol. The maximum absolute atomic E-state index is 5.64. The van der Waals surface area contributed by atoms with E-state index in [1.807, 2.05) is 11.8 Å². The third kappa shape index (κ3) is 10.3. The molecule has 0 aromatic heterocycles. The van der Waals surface area contributed by atoms with Gasteiger partial charge in [0.1, 0.15) is 0 Å². The molecule has 144 valence electrons. The van der Waals surface area contributed by atoms with E-state index in [4.69, 9.17) is 14.5 Å². The zero-order valence-electron chi connectivity index (χ0n) is 15.7. The summed E-state index contributed by atoms with van der Waals surface area (Å²) in [6.07, 6.45) is 5.46. The molecule has 1 heterocycles. The molecule has 5 nitrogen and oxygen atoms in total. The minimum Gasteiger partial charge on any atom is -0.381 e. The van der Waals surface area contributed by atoms with E-state index in [1.54, 1.807) is 0 Å². The number of guanidine groups is 1. The minimum atomic E-state index is 0. The van der Waals surface area contributed by atoms with E-state index in [1.165, 1.54) is 0 Å². The lowest BCUT2D eigenvalue weighted by atomic mass is 9.99. The fourth-order valence-electron chi connectivity index (χ4n) is 2.40. The summed E-state index contributed by atoms with van der Waals surface area (Å²) in [5, 5.41) is 6.68. The maximum Gasteiger partial charge on any atom is 0.191 e. The van der Waals surface area contributed by atoms with Gasteiger partial charge < -0.3 is 20.1 Å². The molecule has 24 heavy (non-hydrogen) atoms.